The van der Waals surface area contributed by atoms with Crippen molar-refractivity contribution in [1.82, 2.24) is 4.98 Å². The third-order valence-electron chi connectivity index (χ3n) is 5.02. The number of fused-ring (bicyclic) bond motifs is 1. The molecule has 1 aliphatic heterocycles. The van der Waals surface area contributed by atoms with Crippen LogP contribution in [0.25, 0.3) is 0 Å². The number of benzene rings is 1. The lowest BCUT2D eigenvalue weighted by molar-refractivity contribution is 0.109. The van der Waals surface area contributed by atoms with Crippen LogP contribution in [0.1, 0.15) is 54.6 Å². The van der Waals surface area contributed by atoms with Gasteiger partial charge in [0.25, 0.3) is 0 Å². The maximum absolute atomic E-state index is 6.31. The maximum atomic E-state index is 6.31. The van der Waals surface area contributed by atoms with Crippen LogP contribution in [0.15, 0.2) is 18.2 Å². The number of hydrogen-bond acceptors (Lipinski definition) is 4. The van der Waals surface area contributed by atoms with E-state index in [-0.39, 0.29) is 6.10 Å². The summed E-state index contributed by atoms with van der Waals surface area (Å²) >= 11 is 0. The Kier molecular flexibility index (Phi) is 5.52. The molecule has 4 heteroatoms. The standard InChI is InChI=1S/C22H30N2O2/c1-7-18(8-2)26-20-11-17(6)23-22-19(20)12-25-13-24(22)21-15(4)9-14(3)10-16(21)5/h9-11,18H,7-8,12-13H2,1-6H3. The van der Waals surface area contributed by atoms with E-state index >= 15 is 0 Å². The molecular weight excluding hydrogens is 324 g/mol. The third-order valence-corrected chi connectivity index (χ3v) is 5.02. The van der Waals surface area contributed by atoms with Crippen molar-refractivity contribution in [2.45, 2.75) is 67.1 Å². The van der Waals surface area contributed by atoms with E-state index in [1.807, 2.05) is 13.0 Å². The topological polar surface area (TPSA) is 34.6 Å². The first kappa shape index (κ1) is 18.7. The molecule has 0 N–H and O–H groups in total. The molecular formula is C22H30N2O2. The molecule has 0 saturated heterocycles. The summed E-state index contributed by atoms with van der Waals surface area (Å²) in [7, 11) is 0. The molecule has 0 saturated carbocycles. The lowest BCUT2D eigenvalue weighted by Crippen LogP contribution is -2.30. The van der Waals surface area contributed by atoms with Crippen LogP contribution in [-0.2, 0) is 11.3 Å². The summed E-state index contributed by atoms with van der Waals surface area (Å²) in [5.74, 6) is 1.88. The molecule has 0 spiro atoms. The normalized spacial score (nSPS) is 13.9. The fraction of sp³-hybridized carbons (Fsp3) is 0.500. The highest BCUT2D eigenvalue weighted by molar-refractivity contribution is 5.71. The van der Waals surface area contributed by atoms with Crippen LogP contribution in [0, 0.1) is 27.7 Å². The van der Waals surface area contributed by atoms with E-state index < -0.39 is 0 Å². The Morgan fingerprint density at radius 2 is 1.73 bits per heavy atom. The Bertz CT molecular complexity index is 774. The number of hydrogen-bond donors (Lipinski definition) is 0. The Morgan fingerprint density at radius 3 is 2.35 bits per heavy atom. The van der Waals surface area contributed by atoms with Crippen LogP contribution in [0.5, 0.6) is 5.75 Å². The highest BCUT2D eigenvalue weighted by Gasteiger charge is 2.27. The molecule has 0 radical (unpaired) electrons. The second-order valence-electron chi connectivity index (χ2n) is 7.27. The van der Waals surface area contributed by atoms with E-state index in [1.165, 1.54) is 22.4 Å². The summed E-state index contributed by atoms with van der Waals surface area (Å²) in [4.78, 5) is 7.05. The molecule has 2 aromatic rings. The van der Waals surface area contributed by atoms with Crippen molar-refractivity contribution in [3.8, 4) is 5.75 Å². The SMILES string of the molecule is CCC(CC)Oc1cc(C)nc2c1COCN2c1c(C)cc(C)cc1C. The number of pyridine rings is 1. The average Bonchev–Trinajstić information content (AvgIpc) is 2.59. The molecule has 3 rings (SSSR count). The van der Waals surface area contributed by atoms with Gasteiger partial charge in [0, 0.05) is 11.8 Å². The summed E-state index contributed by atoms with van der Waals surface area (Å²) in [5.41, 5.74) is 6.96. The molecule has 0 unspecified atom stereocenters. The zero-order valence-corrected chi connectivity index (χ0v) is 16.8. The predicted molar refractivity (Wildman–Crippen MR) is 106 cm³/mol. The molecule has 1 aliphatic rings. The fourth-order valence-corrected chi connectivity index (χ4v) is 3.82. The molecule has 0 amide bonds. The smallest absolute Gasteiger partial charge is 0.144 e. The maximum Gasteiger partial charge on any atom is 0.144 e. The van der Waals surface area contributed by atoms with Gasteiger partial charge < -0.3 is 14.4 Å². The Labute approximate surface area is 157 Å². The average molecular weight is 354 g/mol. The van der Waals surface area contributed by atoms with Gasteiger partial charge in [-0.1, -0.05) is 31.5 Å². The van der Waals surface area contributed by atoms with Gasteiger partial charge in [0.05, 0.1) is 24.0 Å². The van der Waals surface area contributed by atoms with Gasteiger partial charge in [0.15, 0.2) is 0 Å². The molecule has 0 fully saturated rings. The van der Waals surface area contributed by atoms with Crippen LogP contribution in [0.4, 0.5) is 11.5 Å². The van der Waals surface area contributed by atoms with Crippen LogP contribution < -0.4 is 9.64 Å². The van der Waals surface area contributed by atoms with Gasteiger partial charge in [0.1, 0.15) is 18.3 Å². The number of ether oxygens (including phenoxy) is 2. The van der Waals surface area contributed by atoms with Gasteiger partial charge in [-0.2, -0.15) is 0 Å². The van der Waals surface area contributed by atoms with Crippen molar-refractivity contribution in [1.29, 1.82) is 0 Å². The van der Waals surface area contributed by atoms with Gasteiger partial charge in [-0.15, -0.1) is 0 Å². The van der Waals surface area contributed by atoms with Crippen molar-refractivity contribution >= 4 is 11.5 Å². The first-order chi connectivity index (χ1) is 12.4. The second kappa shape index (κ2) is 7.67. The largest absolute Gasteiger partial charge is 0.490 e. The molecule has 0 aliphatic carbocycles. The molecule has 1 aromatic carbocycles. The number of aromatic nitrogens is 1. The Balaban J connectivity index is 2.09. The van der Waals surface area contributed by atoms with Gasteiger partial charge >= 0.3 is 0 Å². The highest BCUT2D eigenvalue weighted by Crippen LogP contribution is 2.40. The van der Waals surface area contributed by atoms with Crippen LogP contribution in [0.3, 0.4) is 0 Å². The van der Waals surface area contributed by atoms with Gasteiger partial charge in [-0.25, -0.2) is 4.98 Å². The minimum atomic E-state index is 0.221. The predicted octanol–water partition coefficient (Wildman–Crippen LogP) is 5.51. The van der Waals surface area contributed by atoms with E-state index in [2.05, 4.69) is 51.7 Å². The molecule has 0 atom stereocenters. The number of aryl methyl sites for hydroxylation is 4. The quantitative estimate of drug-likeness (QED) is 0.709. The third kappa shape index (κ3) is 3.56. The lowest BCUT2D eigenvalue weighted by Gasteiger charge is -2.34. The van der Waals surface area contributed by atoms with Gasteiger partial charge in [0.2, 0.25) is 0 Å². The van der Waals surface area contributed by atoms with E-state index in [1.54, 1.807) is 0 Å². The van der Waals surface area contributed by atoms with Crippen LogP contribution in [0.2, 0.25) is 0 Å². The molecule has 140 valence electrons. The van der Waals surface area contributed by atoms with Crippen LogP contribution >= 0.6 is 0 Å². The zero-order chi connectivity index (χ0) is 18.8. The van der Waals surface area contributed by atoms with E-state index in [4.69, 9.17) is 14.5 Å². The number of anilines is 2. The van der Waals surface area contributed by atoms with Crippen molar-refractivity contribution in [2.24, 2.45) is 0 Å². The summed E-state index contributed by atoms with van der Waals surface area (Å²) in [6, 6.07) is 6.47. The van der Waals surface area contributed by atoms with E-state index in [9.17, 15) is 0 Å². The summed E-state index contributed by atoms with van der Waals surface area (Å²) in [5, 5.41) is 0. The van der Waals surface area contributed by atoms with Crippen molar-refractivity contribution in [3.05, 3.63) is 46.1 Å². The van der Waals surface area contributed by atoms with Crippen molar-refractivity contribution in [3.63, 3.8) is 0 Å². The molecule has 0 bridgehead atoms. The minimum absolute atomic E-state index is 0.221. The lowest BCUT2D eigenvalue weighted by atomic mass is 10.0. The van der Waals surface area contributed by atoms with E-state index in [0.29, 0.717) is 13.3 Å². The Morgan fingerprint density at radius 1 is 1.08 bits per heavy atom. The molecule has 4 nitrogen and oxygen atoms in total. The fourth-order valence-electron chi connectivity index (χ4n) is 3.82. The monoisotopic (exact) mass is 354 g/mol. The first-order valence-corrected chi connectivity index (χ1v) is 9.54. The first-order valence-electron chi connectivity index (χ1n) is 9.54. The summed E-state index contributed by atoms with van der Waals surface area (Å²) < 4.78 is 12.2. The van der Waals surface area contributed by atoms with E-state index in [0.717, 1.165) is 35.7 Å². The number of nitrogens with zero attached hydrogens (tertiary/aromatic N) is 2. The van der Waals surface area contributed by atoms with Gasteiger partial charge in [-0.05, 0) is 51.7 Å². The van der Waals surface area contributed by atoms with Crippen LogP contribution in [-0.4, -0.2) is 17.8 Å². The Hall–Kier alpha value is -2.07. The zero-order valence-electron chi connectivity index (χ0n) is 16.8. The molecule has 26 heavy (non-hydrogen) atoms. The molecule has 2 heterocycles. The minimum Gasteiger partial charge on any atom is -0.490 e. The van der Waals surface area contributed by atoms with Gasteiger partial charge in [-0.3, -0.25) is 0 Å². The molecule has 1 aromatic heterocycles. The van der Waals surface area contributed by atoms with Crippen molar-refractivity contribution in [2.75, 3.05) is 11.6 Å². The van der Waals surface area contributed by atoms with Crippen molar-refractivity contribution < 1.29 is 9.47 Å². The second-order valence-corrected chi connectivity index (χ2v) is 7.27. The summed E-state index contributed by atoms with van der Waals surface area (Å²) in [6.45, 7) is 13.9. The highest BCUT2D eigenvalue weighted by atomic mass is 16.5. The summed E-state index contributed by atoms with van der Waals surface area (Å²) in [6.07, 6.45) is 2.21. The number of rotatable bonds is 5.